The SMILES string of the molecule is Nc1ccc(Cl)cc1S(=O)(=O)Nc1cc(Cl)cc(Cl)c1. The monoisotopic (exact) mass is 350 g/mol. The summed E-state index contributed by atoms with van der Waals surface area (Å²) in [6.45, 7) is 0. The molecule has 2 rings (SSSR count). The van der Waals surface area contributed by atoms with E-state index in [4.69, 9.17) is 40.5 Å². The van der Waals surface area contributed by atoms with Gasteiger partial charge in [-0.15, -0.1) is 0 Å². The molecule has 0 fully saturated rings. The number of hydrogen-bond acceptors (Lipinski definition) is 3. The number of nitrogens with one attached hydrogen (secondary N) is 1. The first-order chi connectivity index (χ1) is 9.28. The van der Waals surface area contributed by atoms with Crippen molar-refractivity contribution in [2.45, 2.75) is 4.90 Å². The molecule has 106 valence electrons. The van der Waals surface area contributed by atoms with E-state index >= 15 is 0 Å². The van der Waals surface area contributed by atoms with Gasteiger partial charge in [-0.1, -0.05) is 34.8 Å². The standard InChI is InChI=1S/C12H9Cl3N2O2S/c13-7-1-2-11(16)12(6-7)20(18,19)17-10-4-8(14)3-9(15)5-10/h1-6,17H,16H2. The summed E-state index contributed by atoms with van der Waals surface area (Å²) >= 11 is 17.4. The lowest BCUT2D eigenvalue weighted by Gasteiger charge is -2.11. The maximum atomic E-state index is 12.3. The van der Waals surface area contributed by atoms with E-state index in [1.165, 1.54) is 36.4 Å². The van der Waals surface area contributed by atoms with Crippen LogP contribution < -0.4 is 10.5 Å². The van der Waals surface area contributed by atoms with Crippen LogP contribution in [0, 0.1) is 0 Å². The maximum Gasteiger partial charge on any atom is 0.263 e. The highest BCUT2D eigenvalue weighted by Gasteiger charge is 2.18. The zero-order valence-electron chi connectivity index (χ0n) is 9.90. The molecule has 0 saturated carbocycles. The van der Waals surface area contributed by atoms with Gasteiger partial charge in [-0.2, -0.15) is 0 Å². The van der Waals surface area contributed by atoms with Crippen LogP contribution in [0.5, 0.6) is 0 Å². The van der Waals surface area contributed by atoms with Crippen molar-refractivity contribution in [2.75, 3.05) is 10.5 Å². The lowest BCUT2D eigenvalue weighted by atomic mass is 10.3. The van der Waals surface area contributed by atoms with Crippen molar-refractivity contribution in [1.82, 2.24) is 0 Å². The Hall–Kier alpha value is -1.14. The first-order valence-corrected chi connectivity index (χ1v) is 7.93. The topological polar surface area (TPSA) is 72.2 Å². The number of benzene rings is 2. The zero-order valence-corrected chi connectivity index (χ0v) is 13.0. The van der Waals surface area contributed by atoms with Crippen molar-refractivity contribution in [1.29, 1.82) is 0 Å². The average Bonchev–Trinajstić information content (AvgIpc) is 2.30. The smallest absolute Gasteiger partial charge is 0.263 e. The molecule has 0 aliphatic rings. The van der Waals surface area contributed by atoms with Crippen molar-refractivity contribution in [2.24, 2.45) is 0 Å². The Balaban J connectivity index is 2.43. The van der Waals surface area contributed by atoms with Crippen LogP contribution in [0.3, 0.4) is 0 Å². The molecule has 0 aliphatic heterocycles. The molecule has 0 saturated heterocycles. The fourth-order valence-electron chi connectivity index (χ4n) is 1.56. The summed E-state index contributed by atoms with van der Waals surface area (Å²) < 4.78 is 26.9. The van der Waals surface area contributed by atoms with Gasteiger partial charge in [-0.05, 0) is 36.4 Å². The van der Waals surface area contributed by atoms with Gasteiger partial charge >= 0.3 is 0 Å². The zero-order chi connectivity index (χ0) is 14.9. The number of nitrogens with two attached hydrogens (primary N) is 1. The number of anilines is 2. The summed E-state index contributed by atoms with van der Waals surface area (Å²) in [6, 6.07) is 8.56. The Morgan fingerprint density at radius 1 is 0.900 bits per heavy atom. The Kier molecular flexibility index (Phi) is 4.34. The van der Waals surface area contributed by atoms with Crippen LogP contribution in [0.1, 0.15) is 0 Å². The molecule has 8 heteroatoms. The van der Waals surface area contributed by atoms with Gasteiger partial charge in [0.2, 0.25) is 0 Å². The van der Waals surface area contributed by atoms with E-state index in [0.717, 1.165) is 0 Å². The molecule has 4 nitrogen and oxygen atoms in total. The Labute approximate surface area is 131 Å². The minimum atomic E-state index is -3.88. The number of sulfonamides is 1. The molecule has 20 heavy (non-hydrogen) atoms. The van der Waals surface area contributed by atoms with Gasteiger partial charge in [0.05, 0.1) is 11.4 Å². The summed E-state index contributed by atoms with van der Waals surface area (Å²) in [5, 5.41) is 0.896. The molecule has 0 unspecified atom stereocenters. The highest BCUT2D eigenvalue weighted by Crippen LogP contribution is 2.27. The third kappa shape index (κ3) is 3.49. The van der Waals surface area contributed by atoms with Crippen LogP contribution in [-0.2, 0) is 10.0 Å². The minimum absolute atomic E-state index is 0.0926. The molecule has 0 amide bonds. The lowest BCUT2D eigenvalue weighted by Crippen LogP contribution is -2.14. The van der Waals surface area contributed by atoms with E-state index in [1.807, 2.05) is 0 Å². The van der Waals surface area contributed by atoms with Crippen molar-refractivity contribution in [3.8, 4) is 0 Å². The van der Waals surface area contributed by atoms with E-state index < -0.39 is 10.0 Å². The fourth-order valence-corrected chi connectivity index (χ4v) is 3.53. The van der Waals surface area contributed by atoms with Gasteiger partial charge < -0.3 is 5.73 Å². The number of halogens is 3. The average molecular weight is 352 g/mol. The Morgan fingerprint density at radius 2 is 1.50 bits per heavy atom. The molecule has 2 aromatic rings. The molecule has 0 heterocycles. The first kappa shape index (κ1) is 15.3. The fraction of sp³-hybridized carbons (Fsp3) is 0. The van der Waals surface area contributed by atoms with Crippen molar-refractivity contribution < 1.29 is 8.42 Å². The van der Waals surface area contributed by atoms with E-state index in [2.05, 4.69) is 4.72 Å². The summed E-state index contributed by atoms with van der Waals surface area (Å²) in [4.78, 5) is -0.110. The van der Waals surface area contributed by atoms with E-state index in [1.54, 1.807) is 0 Å². The number of hydrogen-bond donors (Lipinski definition) is 2. The summed E-state index contributed by atoms with van der Waals surface area (Å²) in [5.41, 5.74) is 5.99. The number of rotatable bonds is 3. The normalized spacial score (nSPS) is 11.3. The van der Waals surface area contributed by atoms with Crippen LogP contribution in [0.15, 0.2) is 41.3 Å². The van der Waals surface area contributed by atoms with Crippen LogP contribution in [0.25, 0.3) is 0 Å². The molecular formula is C12H9Cl3N2O2S. The van der Waals surface area contributed by atoms with Crippen molar-refractivity contribution in [3.05, 3.63) is 51.5 Å². The van der Waals surface area contributed by atoms with Gasteiger partial charge in [-0.3, -0.25) is 4.72 Å². The molecular weight excluding hydrogens is 343 g/mol. The molecule has 0 radical (unpaired) electrons. The van der Waals surface area contributed by atoms with Gasteiger partial charge in [-0.25, -0.2) is 8.42 Å². The van der Waals surface area contributed by atoms with Gasteiger partial charge in [0, 0.05) is 15.1 Å². The predicted octanol–water partition coefficient (Wildman–Crippen LogP) is 4.03. The van der Waals surface area contributed by atoms with Crippen molar-refractivity contribution in [3.63, 3.8) is 0 Å². The third-order valence-electron chi connectivity index (χ3n) is 2.38. The van der Waals surface area contributed by atoms with Gasteiger partial charge in [0.25, 0.3) is 10.0 Å². The Bertz CT molecular complexity index is 743. The molecule has 0 bridgehead atoms. The Morgan fingerprint density at radius 3 is 2.10 bits per heavy atom. The second kappa shape index (κ2) is 5.69. The lowest BCUT2D eigenvalue weighted by molar-refractivity contribution is 0.601. The summed E-state index contributed by atoms with van der Waals surface area (Å²) in [7, 11) is -3.88. The van der Waals surface area contributed by atoms with E-state index in [-0.39, 0.29) is 21.3 Å². The van der Waals surface area contributed by atoms with Crippen LogP contribution in [-0.4, -0.2) is 8.42 Å². The highest BCUT2D eigenvalue weighted by atomic mass is 35.5. The molecule has 0 aliphatic carbocycles. The highest BCUT2D eigenvalue weighted by molar-refractivity contribution is 7.92. The molecule has 2 aromatic carbocycles. The summed E-state index contributed by atoms with van der Waals surface area (Å²) in [5.74, 6) is 0. The largest absolute Gasteiger partial charge is 0.398 e. The molecule has 3 N–H and O–H groups in total. The number of nitrogen functional groups attached to an aromatic ring is 1. The van der Waals surface area contributed by atoms with Crippen molar-refractivity contribution >= 4 is 56.2 Å². The molecule has 0 atom stereocenters. The van der Waals surface area contributed by atoms with Crippen LogP contribution in [0.4, 0.5) is 11.4 Å². The third-order valence-corrected chi connectivity index (χ3v) is 4.49. The quantitative estimate of drug-likeness (QED) is 0.820. The van der Waals surface area contributed by atoms with Crippen LogP contribution in [0.2, 0.25) is 15.1 Å². The maximum absolute atomic E-state index is 12.3. The van der Waals surface area contributed by atoms with E-state index in [0.29, 0.717) is 10.0 Å². The minimum Gasteiger partial charge on any atom is -0.398 e. The first-order valence-electron chi connectivity index (χ1n) is 5.32. The van der Waals surface area contributed by atoms with Crippen LogP contribution >= 0.6 is 34.8 Å². The molecule has 0 spiro atoms. The predicted molar refractivity (Wildman–Crippen MR) is 83.1 cm³/mol. The summed E-state index contributed by atoms with van der Waals surface area (Å²) in [6.07, 6.45) is 0. The van der Waals surface area contributed by atoms with Gasteiger partial charge in [0.1, 0.15) is 4.90 Å². The van der Waals surface area contributed by atoms with E-state index in [9.17, 15) is 8.42 Å². The molecule has 0 aromatic heterocycles. The van der Waals surface area contributed by atoms with Gasteiger partial charge in [0.15, 0.2) is 0 Å². The second-order valence-corrected chi connectivity index (χ2v) is 6.91. The second-order valence-electron chi connectivity index (χ2n) is 3.95.